The molecule has 0 saturated heterocycles. The number of aryl methyl sites for hydroxylation is 2. The van der Waals surface area contributed by atoms with Gasteiger partial charge >= 0.3 is 5.97 Å². The van der Waals surface area contributed by atoms with Crippen molar-refractivity contribution < 1.29 is 23.8 Å². The van der Waals surface area contributed by atoms with Crippen molar-refractivity contribution in [3.05, 3.63) is 94.5 Å². The fraction of sp³-hybridized carbons (Fsp3) is 0.200. The molecule has 30 heavy (non-hydrogen) atoms. The Morgan fingerprint density at radius 1 is 0.767 bits per heavy atom. The lowest BCUT2D eigenvalue weighted by atomic mass is 9.98. The Labute approximate surface area is 175 Å². The van der Waals surface area contributed by atoms with Gasteiger partial charge in [0.05, 0.1) is 5.56 Å². The van der Waals surface area contributed by atoms with Crippen LogP contribution in [0.5, 0.6) is 11.5 Å². The van der Waals surface area contributed by atoms with Gasteiger partial charge in [0.2, 0.25) is 5.78 Å². The molecule has 0 N–H and O–H groups in total. The molecule has 0 bridgehead atoms. The molecule has 0 unspecified atom stereocenters. The Kier molecular flexibility index (Phi) is 5.53. The highest BCUT2D eigenvalue weighted by atomic mass is 16.6. The molecule has 0 saturated carbocycles. The molecule has 1 heterocycles. The molecule has 0 aromatic heterocycles. The largest absolute Gasteiger partial charge is 0.486 e. The van der Waals surface area contributed by atoms with E-state index < -0.39 is 12.1 Å². The average Bonchev–Trinajstić information content (AvgIpc) is 2.78. The zero-order valence-corrected chi connectivity index (χ0v) is 16.9. The van der Waals surface area contributed by atoms with Crippen LogP contribution in [0.1, 0.15) is 43.5 Å². The zero-order chi connectivity index (χ0) is 21.1. The van der Waals surface area contributed by atoms with E-state index in [0.29, 0.717) is 41.4 Å². The third kappa shape index (κ3) is 4.20. The summed E-state index contributed by atoms with van der Waals surface area (Å²) in [6, 6.07) is 19.5. The maximum Gasteiger partial charge on any atom is 0.339 e. The monoisotopic (exact) mass is 402 g/mol. The van der Waals surface area contributed by atoms with Gasteiger partial charge in [-0.1, -0.05) is 59.7 Å². The molecule has 1 atom stereocenters. The van der Waals surface area contributed by atoms with Crippen molar-refractivity contribution in [3.8, 4) is 11.5 Å². The minimum atomic E-state index is -1.05. The van der Waals surface area contributed by atoms with E-state index in [1.165, 1.54) is 0 Å². The third-order valence-electron chi connectivity index (χ3n) is 4.96. The Morgan fingerprint density at radius 2 is 1.33 bits per heavy atom. The van der Waals surface area contributed by atoms with Gasteiger partial charge in [0, 0.05) is 11.1 Å². The van der Waals surface area contributed by atoms with Gasteiger partial charge in [0.25, 0.3) is 0 Å². The van der Waals surface area contributed by atoms with Gasteiger partial charge < -0.3 is 14.2 Å². The van der Waals surface area contributed by atoms with Crippen LogP contribution in [-0.4, -0.2) is 25.0 Å². The molecule has 152 valence electrons. The molecule has 5 nitrogen and oxygen atoms in total. The van der Waals surface area contributed by atoms with Crippen molar-refractivity contribution in [2.45, 2.75) is 20.0 Å². The minimum Gasteiger partial charge on any atom is -0.486 e. The molecule has 5 heteroatoms. The van der Waals surface area contributed by atoms with Crippen LogP contribution in [-0.2, 0) is 4.74 Å². The quantitative estimate of drug-likeness (QED) is 0.451. The van der Waals surface area contributed by atoms with Crippen molar-refractivity contribution in [3.63, 3.8) is 0 Å². The zero-order valence-electron chi connectivity index (χ0n) is 16.9. The number of carbonyl (C=O) groups is 2. The second-order valence-corrected chi connectivity index (χ2v) is 7.28. The lowest BCUT2D eigenvalue weighted by molar-refractivity contribution is 0.0279. The number of ether oxygens (including phenoxy) is 3. The summed E-state index contributed by atoms with van der Waals surface area (Å²) in [4.78, 5) is 26.1. The number of rotatable bonds is 5. The first-order chi connectivity index (χ1) is 14.5. The number of ketones is 1. The molecule has 4 rings (SSSR count). The number of carbonyl (C=O) groups excluding carboxylic acids is 2. The fourth-order valence-corrected chi connectivity index (χ4v) is 3.23. The second kappa shape index (κ2) is 8.41. The predicted molar refractivity (Wildman–Crippen MR) is 112 cm³/mol. The van der Waals surface area contributed by atoms with E-state index >= 15 is 0 Å². The molecule has 1 aliphatic heterocycles. The van der Waals surface area contributed by atoms with Crippen LogP contribution >= 0.6 is 0 Å². The summed E-state index contributed by atoms with van der Waals surface area (Å²) in [6.07, 6.45) is -1.05. The fourth-order valence-electron chi connectivity index (χ4n) is 3.23. The average molecular weight is 402 g/mol. The molecular weight excluding hydrogens is 380 g/mol. The number of Topliss-reactive ketones (excluding diaryl/α,β-unsaturated/α-hetero) is 1. The maximum absolute atomic E-state index is 13.2. The van der Waals surface area contributed by atoms with Crippen LogP contribution in [0.3, 0.4) is 0 Å². The summed E-state index contributed by atoms with van der Waals surface area (Å²) < 4.78 is 16.8. The van der Waals surface area contributed by atoms with Crippen molar-refractivity contribution in [2.75, 3.05) is 13.2 Å². The summed E-state index contributed by atoms with van der Waals surface area (Å²) >= 11 is 0. The molecule has 0 fully saturated rings. The molecule has 0 amide bonds. The smallest absolute Gasteiger partial charge is 0.339 e. The van der Waals surface area contributed by atoms with Crippen molar-refractivity contribution >= 4 is 11.8 Å². The SMILES string of the molecule is Cc1ccc(C(=O)[C@@H](OC(=O)c2ccc3c(c2)OCCO3)c2ccc(C)cc2)cc1. The molecular formula is C25H22O5. The van der Waals surface area contributed by atoms with Crippen LogP contribution in [0, 0.1) is 13.8 Å². The van der Waals surface area contributed by atoms with Crippen LogP contribution in [0.25, 0.3) is 0 Å². The lowest BCUT2D eigenvalue weighted by Crippen LogP contribution is -2.21. The topological polar surface area (TPSA) is 61.8 Å². The van der Waals surface area contributed by atoms with Gasteiger partial charge in [-0.3, -0.25) is 4.79 Å². The van der Waals surface area contributed by atoms with Gasteiger partial charge in [-0.2, -0.15) is 0 Å². The van der Waals surface area contributed by atoms with E-state index in [2.05, 4.69) is 0 Å². The van der Waals surface area contributed by atoms with Crippen LogP contribution in [0.2, 0.25) is 0 Å². The summed E-state index contributed by atoms with van der Waals surface area (Å²) in [5.74, 6) is 0.207. The van der Waals surface area contributed by atoms with Crippen LogP contribution < -0.4 is 9.47 Å². The molecule has 1 aliphatic rings. The molecule has 3 aromatic rings. The van der Waals surface area contributed by atoms with Gasteiger partial charge in [0.1, 0.15) is 13.2 Å². The number of hydrogen-bond donors (Lipinski definition) is 0. The second-order valence-electron chi connectivity index (χ2n) is 7.28. The minimum absolute atomic E-state index is 0.273. The van der Waals surface area contributed by atoms with Crippen LogP contribution in [0.4, 0.5) is 0 Å². The van der Waals surface area contributed by atoms with E-state index in [-0.39, 0.29) is 5.78 Å². The van der Waals surface area contributed by atoms with Crippen molar-refractivity contribution in [1.82, 2.24) is 0 Å². The van der Waals surface area contributed by atoms with E-state index in [1.54, 1.807) is 30.3 Å². The Bertz CT molecular complexity index is 1070. The number of fused-ring (bicyclic) bond motifs is 1. The van der Waals surface area contributed by atoms with Crippen molar-refractivity contribution in [2.24, 2.45) is 0 Å². The lowest BCUT2D eigenvalue weighted by Gasteiger charge is -2.20. The van der Waals surface area contributed by atoms with Gasteiger partial charge in [-0.25, -0.2) is 4.79 Å². The summed E-state index contributed by atoms with van der Waals surface area (Å²) in [7, 11) is 0. The van der Waals surface area contributed by atoms with E-state index in [4.69, 9.17) is 14.2 Å². The Hall–Kier alpha value is -3.60. The first-order valence-electron chi connectivity index (χ1n) is 9.79. The van der Waals surface area contributed by atoms with E-state index in [0.717, 1.165) is 11.1 Å². The Balaban J connectivity index is 1.64. The van der Waals surface area contributed by atoms with Gasteiger partial charge in [0.15, 0.2) is 17.6 Å². The summed E-state index contributed by atoms with van der Waals surface area (Å²) in [6.45, 7) is 4.80. The normalized spacial score (nSPS) is 13.4. The molecule has 0 aliphatic carbocycles. The third-order valence-corrected chi connectivity index (χ3v) is 4.96. The van der Waals surface area contributed by atoms with E-state index in [9.17, 15) is 9.59 Å². The highest BCUT2D eigenvalue weighted by Crippen LogP contribution is 2.32. The molecule has 0 spiro atoms. The van der Waals surface area contributed by atoms with Crippen LogP contribution in [0.15, 0.2) is 66.7 Å². The maximum atomic E-state index is 13.2. The first-order valence-corrected chi connectivity index (χ1v) is 9.79. The Morgan fingerprint density at radius 3 is 2.00 bits per heavy atom. The number of esters is 1. The first kappa shape index (κ1) is 19.7. The summed E-state index contributed by atoms with van der Waals surface area (Å²) in [5.41, 5.74) is 3.51. The van der Waals surface area contributed by atoms with Gasteiger partial charge in [-0.05, 0) is 32.0 Å². The van der Waals surface area contributed by atoms with Crippen molar-refractivity contribution in [1.29, 1.82) is 0 Å². The highest BCUT2D eigenvalue weighted by Gasteiger charge is 2.27. The number of benzene rings is 3. The summed E-state index contributed by atoms with van der Waals surface area (Å²) in [5, 5.41) is 0. The number of hydrogen-bond acceptors (Lipinski definition) is 5. The molecule has 3 aromatic carbocycles. The predicted octanol–water partition coefficient (Wildman–Crippen LogP) is 4.86. The standard InChI is InChI=1S/C25H22O5/c1-16-3-7-18(8-4-16)23(26)24(19-9-5-17(2)6-10-19)30-25(27)20-11-12-21-22(15-20)29-14-13-28-21/h3-12,15,24H,13-14H2,1-2H3/t24-/m0/s1. The van der Waals surface area contributed by atoms with E-state index in [1.807, 2.05) is 50.2 Å². The van der Waals surface area contributed by atoms with Gasteiger partial charge in [-0.15, -0.1) is 0 Å². The highest BCUT2D eigenvalue weighted by molar-refractivity contribution is 6.02. The molecule has 0 radical (unpaired) electrons.